The van der Waals surface area contributed by atoms with Gasteiger partial charge in [-0.15, -0.1) is 0 Å². The van der Waals surface area contributed by atoms with Crippen LogP contribution in [0.2, 0.25) is 0 Å². The summed E-state index contributed by atoms with van der Waals surface area (Å²) in [5, 5.41) is 20.6. The molecule has 2 rings (SSSR count). The van der Waals surface area contributed by atoms with Crippen molar-refractivity contribution in [2.75, 3.05) is 46.5 Å². The SMILES string of the molecule is CO[C@H]1CN(C(C)=O)CCCN(Cc2cnc[nH]2)CCCCOC[C@H](O)[C@@H]1O. The number of amides is 1. The number of rotatable bonds is 3. The van der Waals surface area contributed by atoms with Crippen molar-refractivity contribution in [3.05, 3.63) is 18.2 Å². The van der Waals surface area contributed by atoms with E-state index in [0.717, 1.165) is 44.6 Å². The lowest BCUT2D eigenvalue weighted by atomic mass is 10.1. The van der Waals surface area contributed by atoms with E-state index >= 15 is 0 Å². The molecule has 0 aromatic carbocycles. The van der Waals surface area contributed by atoms with Crippen molar-refractivity contribution in [1.82, 2.24) is 19.8 Å². The molecule has 1 aromatic heterocycles. The molecule has 3 N–H and O–H groups in total. The summed E-state index contributed by atoms with van der Waals surface area (Å²) in [7, 11) is 1.47. The summed E-state index contributed by atoms with van der Waals surface area (Å²) in [4.78, 5) is 23.3. The molecule has 0 unspecified atom stereocenters. The summed E-state index contributed by atoms with van der Waals surface area (Å²) in [6.45, 7) is 5.39. The van der Waals surface area contributed by atoms with Gasteiger partial charge in [-0.1, -0.05) is 0 Å². The second kappa shape index (κ2) is 12.1. The third-order valence-electron chi connectivity index (χ3n) is 5.08. The van der Waals surface area contributed by atoms with Gasteiger partial charge in [0, 0.05) is 58.7 Å². The summed E-state index contributed by atoms with van der Waals surface area (Å²) in [5.41, 5.74) is 1.06. The third kappa shape index (κ3) is 7.48. The van der Waals surface area contributed by atoms with Crippen molar-refractivity contribution in [3.8, 4) is 0 Å². The molecule has 28 heavy (non-hydrogen) atoms. The van der Waals surface area contributed by atoms with Crippen LogP contribution in [0.1, 0.15) is 31.9 Å². The number of aliphatic hydroxyl groups excluding tert-OH is 2. The molecule has 0 radical (unpaired) electrons. The van der Waals surface area contributed by atoms with Crippen molar-refractivity contribution in [1.29, 1.82) is 0 Å². The van der Waals surface area contributed by atoms with Gasteiger partial charge in [0.1, 0.15) is 18.3 Å². The molecule has 0 aliphatic carbocycles. The molecule has 9 heteroatoms. The molecular formula is C19H34N4O5. The van der Waals surface area contributed by atoms with E-state index in [1.807, 2.05) is 6.20 Å². The number of H-pyrrole nitrogens is 1. The summed E-state index contributed by atoms with van der Waals surface area (Å²) in [5.74, 6) is -0.0792. The highest BCUT2D eigenvalue weighted by atomic mass is 16.5. The highest BCUT2D eigenvalue weighted by molar-refractivity contribution is 5.73. The molecule has 2 heterocycles. The van der Waals surface area contributed by atoms with Crippen LogP contribution in [-0.2, 0) is 20.8 Å². The average molecular weight is 399 g/mol. The fraction of sp³-hybridized carbons (Fsp3) is 0.789. The van der Waals surface area contributed by atoms with Crippen LogP contribution in [0.5, 0.6) is 0 Å². The number of nitrogens with zero attached hydrogens (tertiary/aromatic N) is 3. The molecular weight excluding hydrogens is 364 g/mol. The lowest BCUT2D eigenvalue weighted by Gasteiger charge is -2.31. The van der Waals surface area contributed by atoms with Gasteiger partial charge in [-0.2, -0.15) is 0 Å². The molecule has 1 aliphatic heterocycles. The fourth-order valence-electron chi connectivity index (χ4n) is 3.37. The summed E-state index contributed by atoms with van der Waals surface area (Å²) >= 11 is 0. The predicted molar refractivity (Wildman–Crippen MR) is 104 cm³/mol. The van der Waals surface area contributed by atoms with Crippen LogP contribution in [0.4, 0.5) is 0 Å². The van der Waals surface area contributed by atoms with Crippen LogP contribution in [0.3, 0.4) is 0 Å². The molecule has 0 spiro atoms. The van der Waals surface area contributed by atoms with Crippen LogP contribution >= 0.6 is 0 Å². The molecule has 9 nitrogen and oxygen atoms in total. The molecule has 0 bridgehead atoms. The predicted octanol–water partition coefficient (Wildman–Crippen LogP) is -0.00250. The summed E-state index contributed by atoms with van der Waals surface area (Å²) in [6.07, 6.45) is 3.30. The fourth-order valence-corrected chi connectivity index (χ4v) is 3.37. The van der Waals surface area contributed by atoms with Crippen molar-refractivity contribution < 1.29 is 24.5 Å². The second-order valence-corrected chi connectivity index (χ2v) is 7.29. The topological polar surface area (TPSA) is 111 Å². The Kier molecular flexibility index (Phi) is 9.86. The number of imidazole rings is 1. The van der Waals surface area contributed by atoms with Crippen molar-refractivity contribution in [3.63, 3.8) is 0 Å². The maximum atomic E-state index is 12.1. The van der Waals surface area contributed by atoms with E-state index in [1.54, 1.807) is 11.2 Å². The van der Waals surface area contributed by atoms with Crippen LogP contribution < -0.4 is 0 Å². The minimum Gasteiger partial charge on any atom is -0.388 e. The highest BCUT2D eigenvalue weighted by Gasteiger charge is 2.29. The molecule has 1 amide bonds. The molecule has 0 saturated carbocycles. The largest absolute Gasteiger partial charge is 0.388 e. The molecule has 1 aromatic rings. The Hall–Kier alpha value is -1.52. The number of nitrogens with one attached hydrogen (secondary N) is 1. The molecule has 1 saturated heterocycles. The number of aromatic amines is 1. The molecule has 1 aliphatic rings. The Morgan fingerprint density at radius 1 is 1.32 bits per heavy atom. The minimum atomic E-state index is -1.12. The lowest BCUT2D eigenvalue weighted by Crippen LogP contribution is -2.48. The Labute approximate surface area is 166 Å². The summed E-state index contributed by atoms with van der Waals surface area (Å²) in [6, 6.07) is 0. The first-order valence-electron chi connectivity index (χ1n) is 9.93. The first kappa shape index (κ1) is 22.8. The van der Waals surface area contributed by atoms with E-state index in [2.05, 4.69) is 14.9 Å². The normalized spacial score (nSPS) is 27.1. The number of hydrogen-bond acceptors (Lipinski definition) is 7. The van der Waals surface area contributed by atoms with E-state index in [0.29, 0.717) is 13.2 Å². The Morgan fingerprint density at radius 2 is 2.11 bits per heavy atom. The number of aromatic nitrogens is 2. The zero-order valence-electron chi connectivity index (χ0n) is 16.9. The summed E-state index contributed by atoms with van der Waals surface area (Å²) < 4.78 is 10.9. The van der Waals surface area contributed by atoms with Crippen LogP contribution in [0.25, 0.3) is 0 Å². The smallest absolute Gasteiger partial charge is 0.219 e. The van der Waals surface area contributed by atoms with Crippen LogP contribution in [-0.4, -0.2) is 101 Å². The lowest BCUT2D eigenvalue weighted by molar-refractivity contribution is -0.136. The highest BCUT2D eigenvalue weighted by Crippen LogP contribution is 2.11. The zero-order chi connectivity index (χ0) is 20.4. The van der Waals surface area contributed by atoms with Gasteiger partial charge in [0.05, 0.1) is 12.9 Å². The van der Waals surface area contributed by atoms with Gasteiger partial charge in [-0.05, 0) is 25.8 Å². The van der Waals surface area contributed by atoms with Gasteiger partial charge in [0.25, 0.3) is 0 Å². The van der Waals surface area contributed by atoms with Gasteiger partial charge < -0.3 is 29.6 Å². The second-order valence-electron chi connectivity index (χ2n) is 7.29. The Bertz CT molecular complexity index is 557. The maximum Gasteiger partial charge on any atom is 0.219 e. The van der Waals surface area contributed by atoms with Gasteiger partial charge in [0.15, 0.2) is 0 Å². The number of carbonyl (C=O) groups excluding carboxylic acids is 1. The maximum absolute atomic E-state index is 12.1. The first-order valence-corrected chi connectivity index (χ1v) is 9.93. The van der Waals surface area contributed by atoms with E-state index in [-0.39, 0.29) is 19.1 Å². The average Bonchev–Trinajstić information content (AvgIpc) is 3.18. The first-order chi connectivity index (χ1) is 13.5. The monoisotopic (exact) mass is 398 g/mol. The Morgan fingerprint density at radius 3 is 2.79 bits per heavy atom. The van der Waals surface area contributed by atoms with Crippen LogP contribution in [0, 0.1) is 0 Å². The van der Waals surface area contributed by atoms with E-state index in [1.165, 1.54) is 14.0 Å². The van der Waals surface area contributed by atoms with Crippen molar-refractivity contribution in [2.45, 2.75) is 51.0 Å². The zero-order valence-corrected chi connectivity index (χ0v) is 16.9. The van der Waals surface area contributed by atoms with E-state index in [9.17, 15) is 15.0 Å². The van der Waals surface area contributed by atoms with Crippen molar-refractivity contribution >= 4 is 5.91 Å². The van der Waals surface area contributed by atoms with Gasteiger partial charge >= 0.3 is 0 Å². The number of aliphatic hydroxyl groups is 2. The van der Waals surface area contributed by atoms with Gasteiger partial charge in [-0.3, -0.25) is 9.69 Å². The minimum absolute atomic E-state index is 0.0406. The van der Waals surface area contributed by atoms with Gasteiger partial charge in [-0.25, -0.2) is 4.98 Å². The molecule has 1 fully saturated rings. The molecule has 160 valence electrons. The van der Waals surface area contributed by atoms with E-state index in [4.69, 9.17) is 9.47 Å². The van der Waals surface area contributed by atoms with Crippen LogP contribution in [0.15, 0.2) is 12.5 Å². The van der Waals surface area contributed by atoms with E-state index < -0.39 is 18.3 Å². The Balaban J connectivity index is 2.03. The standard InChI is InChI=1S/C19H34N4O5/c1-15(24)23-8-5-7-22(11-16-10-20-14-21-16)6-3-4-9-28-13-17(25)19(26)18(12-23)27-2/h10,14,17-19,25-26H,3-9,11-13H2,1-2H3,(H,20,21)/t17-,18-,19-/m0/s1. The van der Waals surface area contributed by atoms with Crippen molar-refractivity contribution in [2.24, 2.45) is 0 Å². The third-order valence-corrected chi connectivity index (χ3v) is 5.08. The number of methoxy groups -OCH3 is 1. The van der Waals surface area contributed by atoms with Gasteiger partial charge in [0.2, 0.25) is 5.91 Å². The molecule has 3 atom stereocenters. The number of hydrogen-bond donors (Lipinski definition) is 3. The quantitative estimate of drug-likeness (QED) is 0.657. The number of carbonyl (C=O) groups is 1. The number of ether oxygens (including phenoxy) is 2.